The number of carbonyl (C=O) groups excluding carboxylic acids is 1. The minimum absolute atomic E-state index is 0.0330. The molecule has 4 aliphatic rings. The van der Waals surface area contributed by atoms with Crippen molar-refractivity contribution in [2.45, 2.75) is 94.4 Å². The van der Waals surface area contributed by atoms with Crippen LogP contribution in [0.2, 0.25) is 0 Å². The molecule has 14 heteroatoms. The van der Waals surface area contributed by atoms with Crippen LogP contribution >= 0.6 is 15.9 Å². The standard InChI is InChI=1S/C30H43BrO13/c1-29(2,3)28(32)42-22-20-17(13-37-25(41-20)16-11-9-8-10-12-16)40-27-24(22)43-30(15-31,44-27)38-14-18-19(33-4)21(34-5)23(35-6)26(36-7)39-18/h8-12,17-27H,13-15H2,1-7H3/t17?,18?,19-,20-,21?,22?,23?,24?,25?,26+,27+,30?/m1/s1. The first kappa shape index (κ1) is 34.1. The van der Waals surface area contributed by atoms with Crippen molar-refractivity contribution in [1.29, 1.82) is 0 Å². The molecule has 4 heterocycles. The zero-order chi connectivity index (χ0) is 31.6. The highest BCUT2D eigenvalue weighted by atomic mass is 79.9. The van der Waals surface area contributed by atoms with Crippen LogP contribution in [0.25, 0.3) is 0 Å². The van der Waals surface area contributed by atoms with Crippen molar-refractivity contribution in [2.24, 2.45) is 5.41 Å². The summed E-state index contributed by atoms with van der Waals surface area (Å²) in [5.74, 6) is -2.05. The van der Waals surface area contributed by atoms with Crippen LogP contribution in [0.4, 0.5) is 0 Å². The summed E-state index contributed by atoms with van der Waals surface area (Å²) in [5, 5.41) is 0.0993. The lowest BCUT2D eigenvalue weighted by atomic mass is 9.94. The van der Waals surface area contributed by atoms with E-state index in [2.05, 4.69) is 15.9 Å². The Balaban J connectivity index is 1.36. The van der Waals surface area contributed by atoms with Gasteiger partial charge in [0, 0.05) is 34.0 Å². The first-order valence-electron chi connectivity index (χ1n) is 14.6. The van der Waals surface area contributed by atoms with Gasteiger partial charge in [-0.3, -0.25) is 9.53 Å². The van der Waals surface area contributed by atoms with E-state index < -0.39 is 85.1 Å². The molecule has 0 saturated carbocycles. The molecule has 0 radical (unpaired) electrons. The summed E-state index contributed by atoms with van der Waals surface area (Å²) in [4.78, 5) is 13.2. The number of benzene rings is 1. The van der Waals surface area contributed by atoms with Gasteiger partial charge in [0.15, 0.2) is 31.1 Å². The molecule has 1 aromatic carbocycles. The minimum Gasteiger partial charge on any atom is -0.456 e. The monoisotopic (exact) mass is 690 g/mol. The second kappa shape index (κ2) is 14.2. The predicted molar refractivity (Wildman–Crippen MR) is 154 cm³/mol. The molecule has 0 amide bonds. The molecule has 0 N–H and O–H groups in total. The molecule has 248 valence electrons. The van der Waals surface area contributed by atoms with Crippen molar-refractivity contribution in [3.05, 3.63) is 35.9 Å². The molecule has 0 aliphatic carbocycles. The van der Waals surface area contributed by atoms with Gasteiger partial charge >= 0.3 is 5.97 Å². The maximum Gasteiger partial charge on any atom is 0.311 e. The van der Waals surface area contributed by atoms with Crippen LogP contribution in [0.15, 0.2) is 30.3 Å². The largest absolute Gasteiger partial charge is 0.456 e. The van der Waals surface area contributed by atoms with E-state index >= 15 is 0 Å². The number of rotatable bonds is 10. The van der Waals surface area contributed by atoms with Crippen LogP contribution in [0.1, 0.15) is 32.6 Å². The second-order valence-corrected chi connectivity index (χ2v) is 12.6. The molecule has 5 rings (SSSR count). The number of fused-ring (bicyclic) bond motifs is 2. The number of alkyl halides is 1. The van der Waals surface area contributed by atoms with Gasteiger partial charge in [-0.05, 0) is 20.8 Å². The van der Waals surface area contributed by atoms with E-state index in [9.17, 15) is 4.79 Å². The highest BCUT2D eigenvalue weighted by Gasteiger charge is 2.62. The first-order valence-corrected chi connectivity index (χ1v) is 15.7. The summed E-state index contributed by atoms with van der Waals surface area (Å²) in [6, 6.07) is 9.53. The van der Waals surface area contributed by atoms with Gasteiger partial charge in [0.25, 0.3) is 5.97 Å². The molecular formula is C30H43BrO13. The van der Waals surface area contributed by atoms with Crippen molar-refractivity contribution in [2.75, 3.05) is 47.0 Å². The summed E-state index contributed by atoms with van der Waals surface area (Å²) >= 11 is 3.48. The van der Waals surface area contributed by atoms with E-state index in [1.54, 1.807) is 42.1 Å². The van der Waals surface area contributed by atoms with Gasteiger partial charge < -0.3 is 52.1 Å². The molecule has 0 aromatic heterocycles. The Hall–Kier alpha value is -1.27. The third-order valence-electron chi connectivity index (χ3n) is 8.09. The van der Waals surface area contributed by atoms with Crippen molar-refractivity contribution >= 4 is 21.9 Å². The summed E-state index contributed by atoms with van der Waals surface area (Å²) in [5.41, 5.74) is 0.0503. The van der Waals surface area contributed by atoms with Gasteiger partial charge in [-0.15, -0.1) is 0 Å². The molecule has 44 heavy (non-hydrogen) atoms. The first-order chi connectivity index (χ1) is 21.1. The third-order valence-corrected chi connectivity index (χ3v) is 8.78. The second-order valence-electron chi connectivity index (χ2n) is 12.0. The number of halogens is 1. The van der Waals surface area contributed by atoms with Gasteiger partial charge in [-0.25, -0.2) is 0 Å². The van der Waals surface area contributed by atoms with E-state index in [-0.39, 0.29) is 18.5 Å². The molecule has 4 aliphatic heterocycles. The molecular weight excluding hydrogens is 648 g/mol. The van der Waals surface area contributed by atoms with E-state index in [1.165, 1.54) is 7.11 Å². The van der Waals surface area contributed by atoms with Crippen LogP contribution in [0, 0.1) is 5.41 Å². The lowest BCUT2D eigenvalue weighted by Gasteiger charge is -2.46. The zero-order valence-electron chi connectivity index (χ0n) is 26.0. The molecule has 4 saturated heterocycles. The fourth-order valence-electron chi connectivity index (χ4n) is 5.78. The topological polar surface area (TPSA) is 128 Å². The van der Waals surface area contributed by atoms with Crippen molar-refractivity contribution < 1.29 is 61.6 Å². The Bertz CT molecular complexity index is 1090. The molecule has 13 nitrogen and oxygen atoms in total. The Morgan fingerprint density at radius 3 is 2.20 bits per heavy atom. The molecule has 4 fully saturated rings. The molecule has 12 atom stereocenters. The van der Waals surface area contributed by atoms with E-state index in [0.29, 0.717) is 0 Å². The predicted octanol–water partition coefficient (Wildman–Crippen LogP) is 2.68. The van der Waals surface area contributed by atoms with Gasteiger partial charge in [-0.1, -0.05) is 46.3 Å². The summed E-state index contributed by atoms with van der Waals surface area (Å²) in [6.45, 7) is 5.50. The van der Waals surface area contributed by atoms with E-state index in [1.807, 2.05) is 30.3 Å². The van der Waals surface area contributed by atoms with Gasteiger partial charge in [0.2, 0.25) is 0 Å². The molecule has 8 unspecified atom stereocenters. The number of esters is 1. The highest BCUT2D eigenvalue weighted by molar-refractivity contribution is 9.09. The summed E-state index contributed by atoms with van der Waals surface area (Å²) < 4.78 is 72.4. The van der Waals surface area contributed by atoms with Gasteiger partial charge in [0.1, 0.15) is 36.6 Å². The fourth-order valence-corrected chi connectivity index (χ4v) is 6.20. The number of carbonyl (C=O) groups is 1. The average molecular weight is 692 g/mol. The van der Waals surface area contributed by atoms with Crippen molar-refractivity contribution in [1.82, 2.24) is 0 Å². The Morgan fingerprint density at radius 1 is 0.886 bits per heavy atom. The average Bonchev–Trinajstić information content (AvgIpc) is 3.41. The number of ether oxygens (including phenoxy) is 12. The van der Waals surface area contributed by atoms with Crippen LogP contribution in [-0.2, 0) is 61.6 Å². The Labute approximate surface area is 266 Å². The quantitative estimate of drug-likeness (QED) is 0.264. The lowest BCUT2D eigenvalue weighted by molar-refractivity contribution is -0.366. The zero-order valence-corrected chi connectivity index (χ0v) is 27.6. The highest BCUT2D eigenvalue weighted by Crippen LogP contribution is 2.44. The Kier molecular flexibility index (Phi) is 11.0. The van der Waals surface area contributed by atoms with Gasteiger partial charge in [-0.2, -0.15) is 0 Å². The number of hydrogen-bond donors (Lipinski definition) is 0. The Morgan fingerprint density at radius 2 is 1.59 bits per heavy atom. The van der Waals surface area contributed by atoms with E-state index in [4.69, 9.17) is 56.8 Å². The number of hydrogen-bond acceptors (Lipinski definition) is 13. The molecule has 0 spiro atoms. The van der Waals surface area contributed by atoms with Crippen LogP contribution < -0.4 is 0 Å². The maximum absolute atomic E-state index is 13.2. The number of methoxy groups -OCH3 is 4. The van der Waals surface area contributed by atoms with Crippen LogP contribution in [0.3, 0.4) is 0 Å². The molecule has 1 aromatic rings. The van der Waals surface area contributed by atoms with Gasteiger partial charge in [0.05, 0.1) is 24.0 Å². The van der Waals surface area contributed by atoms with Crippen molar-refractivity contribution in [3.63, 3.8) is 0 Å². The smallest absolute Gasteiger partial charge is 0.311 e. The maximum atomic E-state index is 13.2. The van der Waals surface area contributed by atoms with E-state index in [0.717, 1.165) is 5.56 Å². The van der Waals surface area contributed by atoms with Crippen LogP contribution in [-0.4, -0.2) is 120 Å². The lowest BCUT2D eigenvalue weighted by Crippen LogP contribution is -2.62. The third kappa shape index (κ3) is 6.87. The van der Waals surface area contributed by atoms with Crippen molar-refractivity contribution in [3.8, 4) is 0 Å². The minimum atomic E-state index is -1.63. The van der Waals surface area contributed by atoms with Crippen LogP contribution in [0.5, 0.6) is 0 Å². The summed E-state index contributed by atoms with van der Waals surface area (Å²) in [6.07, 6.45) is -7.68. The molecule has 0 bridgehead atoms. The SMILES string of the molecule is COC1C(OC)[C@H](OC)C(COC2(CBr)OC3C(OC(=O)C(C)(C)C)[C@@H]4OC(c5ccccc5)OCC4O[C@H]3O2)O[C@@H]1OC. The fraction of sp³-hybridized carbons (Fsp3) is 0.767. The normalized spacial score (nSPS) is 40.7. The summed E-state index contributed by atoms with van der Waals surface area (Å²) in [7, 11) is 6.19.